The van der Waals surface area contributed by atoms with Crippen molar-refractivity contribution in [3.63, 3.8) is 0 Å². The number of carbonyl (C=O) groups excluding carboxylic acids is 1. The molecule has 2 aromatic carbocycles. The van der Waals surface area contributed by atoms with Gasteiger partial charge in [0.25, 0.3) is 0 Å². The van der Waals surface area contributed by atoms with Crippen molar-refractivity contribution in [2.45, 2.75) is 6.42 Å². The Kier molecular flexibility index (Phi) is 3.98. The average Bonchev–Trinajstić information content (AvgIpc) is 2.89. The molecule has 0 aliphatic carbocycles. The zero-order valence-electron chi connectivity index (χ0n) is 12.0. The van der Waals surface area contributed by atoms with Crippen molar-refractivity contribution in [2.24, 2.45) is 5.92 Å². The Labute approximate surface area is 130 Å². The fourth-order valence-corrected chi connectivity index (χ4v) is 4.36. The van der Waals surface area contributed by atoms with Gasteiger partial charge in [0.2, 0.25) is 5.91 Å². The number of nitrogens with one attached hydrogen (secondary N) is 1. The van der Waals surface area contributed by atoms with Crippen molar-refractivity contribution in [3.05, 3.63) is 54.6 Å². The summed E-state index contributed by atoms with van der Waals surface area (Å²) in [7, 11) is -3.04. The van der Waals surface area contributed by atoms with E-state index in [0.717, 1.165) is 11.1 Å². The molecule has 4 nitrogen and oxygen atoms in total. The lowest BCUT2D eigenvalue weighted by Gasteiger charge is -2.10. The minimum Gasteiger partial charge on any atom is -0.326 e. The van der Waals surface area contributed by atoms with Crippen molar-refractivity contribution in [3.8, 4) is 11.1 Å². The first-order chi connectivity index (χ1) is 10.5. The molecule has 1 saturated heterocycles. The smallest absolute Gasteiger partial charge is 0.228 e. The first-order valence-electron chi connectivity index (χ1n) is 7.20. The lowest BCUT2D eigenvalue weighted by molar-refractivity contribution is -0.119. The summed E-state index contributed by atoms with van der Waals surface area (Å²) in [5.74, 6) is -0.578. The van der Waals surface area contributed by atoms with E-state index in [4.69, 9.17) is 0 Å². The largest absolute Gasteiger partial charge is 0.326 e. The van der Waals surface area contributed by atoms with Gasteiger partial charge in [-0.1, -0.05) is 42.5 Å². The van der Waals surface area contributed by atoms with Crippen molar-refractivity contribution in [1.29, 1.82) is 0 Å². The van der Waals surface area contributed by atoms with Crippen LogP contribution in [0.2, 0.25) is 0 Å². The number of amides is 1. The van der Waals surface area contributed by atoms with E-state index in [2.05, 4.69) is 5.32 Å². The number of hydrogen-bond donors (Lipinski definition) is 1. The summed E-state index contributed by atoms with van der Waals surface area (Å²) in [6.07, 6.45) is 0.413. The molecule has 1 N–H and O–H groups in total. The third kappa shape index (κ3) is 3.36. The summed E-state index contributed by atoms with van der Waals surface area (Å²) >= 11 is 0. The van der Waals surface area contributed by atoms with Gasteiger partial charge >= 0.3 is 0 Å². The molecule has 1 aliphatic heterocycles. The molecule has 5 heteroatoms. The molecule has 0 bridgehead atoms. The third-order valence-corrected chi connectivity index (χ3v) is 5.63. The van der Waals surface area contributed by atoms with Crippen LogP contribution in [0.3, 0.4) is 0 Å². The standard InChI is InChI=1S/C17H17NO3S/c19-17(15-10-11-22(20,21)12-15)18-16-8-6-14(7-9-16)13-4-2-1-3-5-13/h1-9,15H,10-12H2,(H,18,19)/t15-/m1/s1. The van der Waals surface area contributed by atoms with E-state index in [-0.39, 0.29) is 17.4 Å². The van der Waals surface area contributed by atoms with Crippen LogP contribution in [0.5, 0.6) is 0 Å². The van der Waals surface area contributed by atoms with E-state index >= 15 is 0 Å². The molecule has 1 heterocycles. The van der Waals surface area contributed by atoms with Crippen LogP contribution >= 0.6 is 0 Å². The highest BCUT2D eigenvalue weighted by Gasteiger charge is 2.32. The zero-order valence-corrected chi connectivity index (χ0v) is 12.8. The van der Waals surface area contributed by atoms with E-state index in [0.29, 0.717) is 12.1 Å². The number of carbonyl (C=O) groups is 1. The molecule has 1 amide bonds. The van der Waals surface area contributed by atoms with Crippen molar-refractivity contribution < 1.29 is 13.2 Å². The highest BCUT2D eigenvalue weighted by molar-refractivity contribution is 7.91. The molecular weight excluding hydrogens is 298 g/mol. The summed E-state index contributed by atoms with van der Waals surface area (Å²) in [6.45, 7) is 0. The highest BCUT2D eigenvalue weighted by atomic mass is 32.2. The lowest BCUT2D eigenvalue weighted by Crippen LogP contribution is -2.23. The van der Waals surface area contributed by atoms with Crippen LogP contribution in [0.15, 0.2) is 54.6 Å². The zero-order chi connectivity index (χ0) is 15.6. The number of benzene rings is 2. The lowest BCUT2D eigenvalue weighted by atomic mass is 10.1. The molecule has 3 rings (SSSR count). The molecule has 0 spiro atoms. The first-order valence-corrected chi connectivity index (χ1v) is 9.02. The van der Waals surface area contributed by atoms with Crippen LogP contribution in [0.25, 0.3) is 11.1 Å². The second kappa shape index (κ2) is 5.93. The van der Waals surface area contributed by atoms with Crippen molar-refractivity contribution in [2.75, 3.05) is 16.8 Å². The van der Waals surface area contributed by atoms with Gasteiger partial charge in [0.1, 0.15) is 0 Å². The van der Waals surface area contributed by atoms with Gasteiger partial charge in [-0.3, -0.25) is 4.79 Å². The van der Waals surface area contributed by atoms with Gasteiger partial charge < -0.3 is 5.32 Å². The average molecular weight is 315 g/mol. The molecule has 1 aliphatic rings. The first kappa shape index (κ1) is 14.8. The molecule has 1 fully saturated rings. The van der Waals surface area contributed by atoms with E-state index < -0.39 is 15.8 Å². The minimum atomic E-state index is -3.04. The van der Waals surface area contributed by atoms with Gasteiger partial charge in [0.15, 0.2) is 9.84 Å². The van der Waals surface area contributed by atoms with Crippen LogP contribution in [0.4, 0.5) is 5.69 Å². The normalized spacial score (nSPS) is 19.7. The summed E-state index contributed by atoms with van der Waals surface area (Å²) in [5, 5.41) is 2.80. The fraction of sp³-hybridized carbons (Fsp3) is 0.235. The van der Waals surface area contributed by atoms with Crippen molar-refractivity contribution >= 4 is 21.4 Å². The van der Waals surface area contributed by atoms with Crippen LogP contribution < -0.4 is 5.32 Å². The predicted octanol–water partition coefficient (Wildman–Crippen LogP) is 2.73. The molecule has 0 radical (unpaired) electrons. The fourth-order valence-electron chi connectivity index (χ4n) is 2.62. The monoisotopic (exact) mass is 315 g/mol. The SMILES string of the molecule is O=C(Nc1ccc(-c2ccccc2)cc1)[C@@H]1CCS(=O)(=O)C1. The number of sulfone groups is 1. The minimum absolute atomic E-state index is 0.0407. The second-order valence-corrected chi connectivity index (χ2v) is 7.76. The van der Waals surface area contributed by atoms with E-state index in [9.17, 15) is 13.2 Å². The maximum atomic E-state index is 12.1. The number of rotatable bonds is 3. The van der Waals surface area contributed by atoms with E-state index in [1.165, 1.54) is 0 Å². The molecule has 0 saturated carbocycles. The molecule has 2 aromatic rings. The summed E-state index contributed by atoms with van der Waals surface area (Å²) < 4.78 is 22.8. The Hall–Kier alpha value is -2.14. The van der Waals surface area contributed by atoms with Gasteiger partial charge in [-0.05, 0) is 29.7 Å². The van der Waals surface area contributed by atoms with Gasteiger partial charge in [0, 0.05) is 5.69 Å². The topological polar surface area (TPSA) is 63.2 Å². The molecular formula is C17H17NO3S. The third-order valence-electron chi connectivity index (χ3n) is 3.86. The van der Waals surface area contributed by atoms with Crippen LogP contribution in [0, 0.1) is 5.92 Å². The Morgan fingerprint density at radius 1 is 0.955 bits per heavy atom. The van der Waals surface area contributed by atoms with Gasteiger partial charge in [-0.15, -0.1) is 0 Å². The van der Waals surface area contributed by atoms with E-state index in [1.807, 2.05) is 54.6 Å². The summed E-state index contributed by atoms with van der Waals surface area (Å²) in [4.78, 5) is 12.1. The van der Waals surface area contributed by atoms with Gasteiger partial charge in [-0.2, -0.15) is 0 Å². The van der Waals surface area contributed by atoms with Gasteiger partial charge in [0.05, 0.1) is 17.4 Å². The predicted molar refractivity (Wildman–Crippen MR) is 87.3 cm³/mol. The van der Waals surface area contributed by atoms with Crippen LogP contribution in [-0.2, 0) is 14.6 Å². The maximum Gasteiger partial charge on any atom is 0.228 e. The Morgan fingerprint density at radius 3 is 2.18 bits per heavy atom. The number of anilines is 1. The van der Waals surface area contributed by atoms with Gasteiger partial charge in [-0.25, -0.2) is 8.42 Å². The maximum absolute atomic E-state index is 12.1. The van der Waals surface area contributed by atoms with Crippen LogP contribution in [-0.4, -0.2) is 25.8 Å². The van der Waals surface area contributed by atoms with Crippen molar-refractivity contribution in [1.82, 2.24) is 0 Å². The number of hydrogen-bond acceptors (Lipinski definition) is 3. The Bertz CT molecular complexity index is 767. The Balaban J connectivity index is 1.68. The highest BCUT2D eigenvalue weighted by Crippen LogP contribution is 2.23. The van der Waals surface area contributed by atoms with Crippen LogP contribution in [0.1, 0.15) is 6.42 Å². The Morgan fingerprint density at radius 2 is 1.59 bits per heavy atom. The molecule has 22 heavy (non-hydrogen) atoms. The second-order valence-electron chi connectivity index (χ2n) is 5.53. The summed E-state index contributed by atoms with van der Waals surface area (Å²) in [6, 6.07) is 17.5. The summed E-state index contributed by atoms with van der Waals surface area (Å²) in [5.41, 5.74) is 2.87. The molecule has 114 valence electrons. The van der Waals surface area contributed by atoms with E-state index in [1.54, 1.807) is 0 Å². The molecule has 0 aromatic heterocycles. The molecule has 1 atom stereocenters. The quantitative estimate of drug-likeness (QED) is 0.947. The molecule has 0 unspecified atom stereocenters.